The summed E-state index contributed by atoms with van der Waals surface area (Å²) in [4.78, 5) is 18.6. The van der Waals surface area contributed by atoms with Crippen molar-refractivity contribution in [2.24, 2.45) is 5.92 Å². The molecule has 1 aliphatic heterocycles. The maximum atomic E-state index is 12.5. The third-order valence-corrected chi connectivity index (χ3v) is 5.05. The lowest BCUT2D eigenvalue weighted by Crippen LogP contribution is -2.38. The molecule has 0 bridgehead atoms. The lowest BCUT2D eigenvalue weighted by Gasteiger charge is -2.31. The van der Waals surface area contributed by atoms with Gasteiger partial charge in [-0.3, -0.25) is 4.79 Å². The SMILES string of the molecule is O=C(Nc1cc(Cl)cc(Cl)c1)C1CCN(c2ccc(-n3cncn3)nn2)CC1. The fraction of sp³-hybridized carbons (Fsp3) is 0.278. The number of carbonyl (C=O) groups excluding carboxylic acids is 1. The van der Waals surface area contributed by atoms with E-state index in [0.717, 1.165) is 31.7 Å². The van der Waals surface area contributed by atoms with Gasteiger partial charge in [0.2, 0.25) is 5.91 Å². The second-order valence-electron chi connectivity index (χ2n) is 6.50. The standard InChI is InChI=1S/C18H17Cl2N7O/c19-13-7-14(20)9-15(8-13)23-18(28)12-3-5-26(6-4-12)16-1-2-17(25-24-16)27-11-21-10-22-27/h1-2,7-12H,3-6H2,(H,23,28). The first-order valence-electron chi connectivity index (χ1n) is 8.79. The van der Waals surface area contributed by atoms with E-state index in [1.807, 2.05) is 12.1 Å². The molecule has 1 saturated heterocycles. The van der Waals surface area contributed by atoms with Gasteiger partial charge in [0.05, 0.1) is 0 Å². The third kappa shape index (κ3) is 4.23. The van der Waals surface area contributed by atoms with Crippen LogP contribution in [0.15, 0.2) is 43.0 Å². The van der Waals surface area contributed by atoms with Gasteiger partial charge in [-0.25, -0.2) is 9.67 Å². The minimum absolute atomic E-state index is 0.0226. The molecule has 8 nitrogen and oxygen atoms in total. The molecule has 10 heteroatoms. The molecule has 3 heterocycles. The van der Waals surface area contributed by atoms with Crippen LogP contribution in [-0.4, -0.2) is 44.0 Å². The number of halogens is 2. The number of rotatable bonds is 4. The van der Waals surface area contributed by atoms with Gasteiger partial charge in [-0.2, -0.15) is 5.10 Å². The molecule has 0 unspecified atom stereocenters. The summed E-state index contributed by atoms with van der Waals surface area (Å²) in [6.07, 6.45) is 4.48. The molecule has 3 aromatic rings. The number of benzene rings is 1. The molecular formula is C18H17Cl2N7O. The topological polar surface area (TPSA) is 88.8 Å². The summed E-state index contributed by atoms with van der Waals surface area (Å²) in [5.74, 6) is 1.29. The normalized spacial score (nSPS) is 14.9. The van der Waals surface area contributed by atoms with E-state index < -0.39 is 0 Å². The first-order valence-corrected chi connectivity index (χ1v) is 9.55. The van der Waals surface area contributed by atoms with Crippen molar-refractivity contribution in [2.45, 2.75) is 12.8 Å². The van der Waals surface area contributed by atoms with Crippen LogP contribution in [0.2, 0.25) is 10.0 Å². The molecule has 1 N–H and O–H groups in total. The van der Waals surface area contributed by atoms with Crippen molar-refractivity contribution in [3.63, 3.8) is 0 Å². The van der Waals surface area contributed by atoms with Crippen molar-refractivity contribution in [3.8, 4) is 5.82 Å². The molecule has 4 rings (SSSR count). The predicted octanol–water partition coefficient (Wildman–Crippen LogP) is 3.22. The van der Waals surface area contributed by atoms with Crippen LogP contribution in [-0.2, 0) is 4.79 Å². The fourth-order valence-electron chi connectivity index (χ4n) is 3.18. The van der Waals surface area contributed by atoms with Crippen LogP contribution in [0, 0.1) is 5.92 Å². The first-order chi connectivity index (χ1) is 13.6. The number of carbonyl (C=O) groups is 1. The molecule has 0 radical (unpaired) electrons. The highest BCUT2D eigenvalue weighted by atomic mass is 35.5. The van der Waals surface area contributed by atoms with Gasteiger partial charge in [-0.1, -0.05) is 23.2 Å². The summed E-state index contributed by atoms with van der Waals surface area (Å²) in [5.41, 5.74) is 0.611. The highest BCUT2D eigenvalue weighted by Crippen LogP contribution is 2.26. The summed E-state index contributed by atoms with van der Waals surface area (Å²) in [6, 6.07) is 8.75. The van der Waals surface area contributed by atoms with Crippen LogP contribution >= 0.6 is 23.2 Å². The van der Waals surface area contributed by atoms with Gasteiger partial charge in [-0.15, -0.1) is 10.2 Å². The smallest absolute Gasteiger partial charge is 0.227 e. The molecular weight excluding hydrogens is 401 g/mol. The molecule has 0 atom stereocenters. The summed E-state index contributed by atoms with van der Waals surface area (Å²) in [5, 5.41) is 16.4. The molecule has 0 saturated carbocycles. The Labute approximate surface area is 171 Å². The van der Waals surface area contributed by atoms with E-state index in [4.69, 9.17) is 23.2 Å². The highest BCUT2D eigenvalue weighted by molar-refractivity contribution is 6.35. The van der Waals surface area contributed by atoms with Gasteiger partial charge in [0.1, 0.15) is 12.7 Å². The summed E-state index contributed by atoms with van der Waals surface area (Å²) >= 11 is 12.0. The molecule has 0 spiro atoms. The Morgan fingerprint density at radius 1 is 1.04 bits per heavy atom. The van der Waals surface area contributed by atoms with E-state index in [1.165, 1.54) is 6.33 Å². The molecule has 144 valence electrons. The molecule has 1 amide bonds. The van der Waals surface area contributed by atoms with Crippen molar-refractivity contribution in [1.29, 1.82) is 0 Å². The van der Waals surface area contributed by atoms with Gasteiger partial charge < -0.3 is 10.2 Å². The maximum absolute atomic E-state index is 12.5. The van der Waals surface area contributed by atoms with E-state index >= 15 is 0 Å². The number of hydrogen-bond acceptors (Lipinski definition) is 6. The van der Waals surface area contributed by atoms with Gasteiger partial charge in [0, 0.05) is 34.7 Å². The summed E-state index contributed by atoms with van der Waals surface area (Å²) < 4.78 is 1.55. The second-order valence-corrected chi connectivity index (χ2v) is 7.37. The molecule has 1 aromatic carbocycles. The molecule has 1 aliphatic rings. The lowest BCUT2D eigenvalue weighted by atomic mass is 9.96. The van der Waals surface area contributed by atoms with Crippen LogP contribution in [0.25, 0.3) is 5.82 Å². The van der Waals surface area contributed by atoms with Crippen LogP contribution in [0.3, 0.4) is 0 Å². The lowest BCUT2D eigenvalue weighted by molar-refractivity contribution is -0.120. The van der Waals surface area contributed by atoms with E-state index in [1.54, 1.807) is 29.2 Å². The number of nitrogens with zero attached hydrogens (tertiary/aromatic N) is 6. The Kier molecular flexibility index (Phi) is 5.40. The number of amides is 1. The van der Waals surface area contributed by atoms with E-state index in [0.29, 0.717) is 21.6 Å². The quantitative estimate of drug-likeness (QED) is 0.700. The Balaban J connectivity index is 1.34. The number of hydrogen-bond donors (Lipinski definition) is 1. The zero-order valence-electron chi connectivity index (χ0n) is 14.8. The van der Waals surface area contributed by atoms with E-state index in [9.17, 15) is 4.79 Å². The predicted molar refractivity (Wildman–Crippen MR) is 107 cm³/mol. The zero-order chi connectivity index (χ0) is 19.5. The summed E-state index contributed by atoms with van der Waals surface area (Å²) in [7, 11) is 0. The molecule has 0 aliphatic carbocycles. The summed E-state index contributed by atoms with van der Waals surface area (Å²) in [6.45, 7) is 1.46. The molecule has 1 fully saturated rings. The van der Waals surface area contributed by atoms with Crippen LogP contribution < -0.4 is 10.2 Å². The Hall–Kier alpha value is -2.71. The monoisotopic (exact) mass is 417 g/mol. The van der Waals surface area contributed by atoms with Crippen molar-refractivity contribution >= 4 is 40.6 Å². The first kappa shape index (κ1) is 18.6. The fourth-order valence-corrected chi connectivity index (χ4v) is 3.70. The Morgan fingerprint density at radius 3 is 2.32 bits per heavy atom. The Morgan fingerprint density at radius 2 is 1.71 bits per heavy atom. The van der Waals surface area contributed by atoms with Crippen LogP contribution in [0.1, 0.15) is 12.8 Å². The second kappa shape index (κ2) is 8.12. The third-order valence-electron chi connectivity index (χ3n) is 4.61. The van der Waals surface area contributed by atoms with Crippen molar-refractivity contribution in [2.75, 3.05) is 23.3 Å². The van der Waals surface area contributed by atoms with E-state index in [2.05, 4.69) is 30.5 Å². The largest absolute Gasteiger partial charge is 0.355 e. The minimum atomic E-state index is -0.0728. The maximum Gasteiger partial charge on any atom is 0.227 e. The number of anilines is 2. The number of piperidine rings is 1. The van der Waals surface area contributed by atoms with Crippen molar-refractivity contribution in [3.05, 3.63) is 53.0 Å². The van der Waals surface area contributed by atoms with Crippen LogP contribution in [0.4, 0.5) is 11.5 Å². The minimum Gasteiger partial charge on any atom is -0.355 e. The molecule has 2 aromatic heterocycles. The van der Waals surface area contributed by atoms with Gasteiger partial charge in [0.15, 0.2) is 11.6 Å². The van der Waals surface area contributed by atoms with Gasteiger partial charge in [-0.05, 0) is 43.2 Å². The average Bonchev–Trinajstić information content (AvgIpc) is 3.22. The number of aromatic nitrogens is 5. The van der Waals surface area contributed by atoms with Gasteiger partial charge >= 0.3 is 0 Å². The zero-order valence-corrected chi connectivity index (χ0v) is 16.3. The Bertz CT molecular complexity index is 934. The number of nitrogens with one attached hydrogen (secondary N) is 1. The molecule has 28 heavy (non-hydrogen) atoms. The highest BCUT2D eigenvalue weighted by Gasteiger charge is 2.26. The van der Waals surface area contributed by atoms with Crippen molar-refractivity contribution in [1.82, 2.24) is 25.0 Å². The van der Waals surface area contributed by atoms with E-state index in [-0.39, 0.29) is 11.8 Å². The van der Waals surface area contributed by atoms with Crippen molar-refractivity contribution < 1.29 is 4.79 Å². The average molecular weight is 418 g/mol. The van der Waals surface area contributed by atoms with Crippen LogP contribution in [0.5, 0.6) is 0 Å². The van der Waals surface area contributed by atoms with Gasteiger partial charge in [0.25, 0.3) is 0 Å².